The Morgan fingerprint density at radius 3 is 2.04 bits per heavy atom. The Morgan fingerprint density at radius 1 is 0.783 bits per heavy atom. The van der Waals surface area contributed by atoms with Crippen molar-refractivity contribution in [1.29, 1.82) is 0 Å². The number of rotatable bonds is 5. The molecule has 0 aliphatic rings. The maximum Gasteiger partial charge on any atom is 0.263 e. The topological polar surface area (TPSA) is 22.0 Å². The number of pyridine rings is 1. The first kappa shape index (κ1) is 15.5. The van der Waals surface area contributed by atoms with Crippen LogP contribution in [-0.2, 0) is 12.8 Å². The lowest BCUT2D eigenvalue weighted by Crippen LogP contribution is -2.24. The van der Waals surface area contributed by atoms with Gasteiger partial charge >= 0.3 is 0 Å². The van der Waals surface area contributed by atoms with Crippen LogP contribution in [-0.4, -0.2) is 4.57 Å². The van der Waals surface area contributed by atoms with Gasteiger partial charge in [0.2, 0.25) is 0 Å². The van der Waals surface area contributed by atoms with Crippen molar-refractivity contribution in [3.05, 3.63) is 76.2 Å². The summed E-state index contributed by atoms with van der Waals surface area (Å²) in [7, 11) is 0. The molecule has 0 aliphatic heterocycles. The fraction of sp³-hybridized carbons (Fsp3) is 0.286. The predicted octanol–water partition coefficient (Wildman–Crippen LogP) is 4.90. The number of hydrogen-bond donors (Lipinski definition) is 0. The lowest BCUT2D eigenvalue weighted by molar-refractivity contribution is 0.782. The molecular weight excluding hydrogens is 282 g/mol. The van der Waals surface area contributed by atoms with Crippen molar-refractivity contribution in [2.24, 2.45) is 0 Å². The third-order valence-electron chi connectivity index (χ3n) is 4.31. The third-order valence-corrected chi connectivity index (χ3v) is 4.31. The summed E-state index contributed by atoms with van der Waals surface area (Å²) in [4.78, 5) is 13.1. The first-order valence-corrected chi connectivity index (χ1v) is 8.48. The van der Waals surface area contributed by atoms with Crippen LogP contribution in [0.15, 0.2) is 59.4 Å². The molecule has 2 heteroatoms. The standard InChI is InChI=1S/C21H23NO/c1-3-10-18-17-14-8-9-15-19(17)21(23)22(20(18)11-4-2)16-12-6-5-7-13-16/h5-9,12-15H,3-4,10-11H2,1-2H3. The molecule has 0 N–H and O–H groups in total. The maximum atomic E-state index is 13.1. The summed E-state index contributed by atoms with van der Waals surface area (Å²) in [5.41, 5.74) is 3.55. The number of benzene rings is 2. The van der Waals surface area contributed by atoms with Gasteiger partial charge in [-0.05, 0) is 42.0 Å². The lowest BCUT2D eigenvalue weighted by atomic mass is 9.97. The second kappa shape index (κ2) is 6.82. The molecule has 0 radical (unpaired) electrons. The summed E-state index contributed by atoms with van der Waals surface area (Å²) in [5, 5.41) is 1.94. The minimum absolute atomic E-state index is 0.0927. The van der Waals surface area contributed by atoms with Crippen LogP contribution >= 0.6 is 0 Å². The third kappa shape index (κ3) is 2.81. The van der Waals surface area contributed by atoms with Crippen LogP contribution < -0.4 is 5.56 Å². The second-order valence-corrected chi connectivity index (χ2v) is 5.95. The van der Waals surface area contributed by atoms with Gasteiger partial charge in [-0.3, -0.25) is 9.36 Å². The molecule has 1 aromatic heterocycles. The highest BCUT2D eigenvalue weighted by molar-refractivity contribution is 5.86. The van der Waals surface area contributed by atoms with Crippen molar-refractivity contribution < 1.29 is 0 Å². The van der Waals surface area contributed by atoms with Crippen molar-refractivity contribution in [1.82, 2.24) is 4.57 Å². The average Bonchev–Trinajstić information content (AvgIpc) is 2.59. The molecule has 2 aromatic carbocycles. The Balaban J connectivity index is 2.44. The summed E-state index contributed by atoms with van der Waals surface area (Å²) < 4.78 is 1.93. The lowest BCUT2D eigenvalue weighted by Gasteiger charge is -2.19. The number of nitrogens with zero attached hydrogens (tertiary/aromatic N) is 1. The van der Waals surface area contributed by atoms with Crippen molar-refractivity contribution >= 4 is 10.8 Å². The Morgan fingerprint density at radius 2 is 1.39 bits per heavy atom. The summed E-state index contributed by atoms with van der Waals surface area (Å²) in [5.74, 6) is 0. The largest absolute Gasteiger partial charge is 0.280 e. The molecule has 0 saturated heterocycles. The highest BCUT2D eigenvalue weighted by Crippen LogP contribution is 2.24. The fourth-order valence-corrected chi connectivity index (χ4v) is 3.34. The molecule has 1 heterocycles. The summed E-state index contributed by atoms with van der Waals surface area (Å²) in [6.45, 7) is 4.37. The van der Waals surface area contributed by atoms with E-state index in [9.17, 15) is 4.79 Å². The van der Waals surface area contributed by atoms with E-state index in [0.29, 0.717) is 0 Å². The second-order valence-electron chi connectivity index (χ2n) is 5.95. The van der Waals surface area contributed by atoms with Gasteiger partial charge in [0.15, 0.2) is 0 Å². The van der Waals surface area contributed by atoms with E-state index < -0.39 is 0 Å². The minimum atomic E-state index is 0.0927. The van der Waals surface area contributed by atoms with E-state index in [0.717, 1.165) is 42.1 Å². The Kier molecular flexibility index (Phi) is 4.61. The quantitative estimate of drug-likeness (QED) is 0.657. The van der Waals surface area contributed by atoms with Crippen molar-refractivity contribution in [3.8, 4) is 5.69 Å². The van der Waals surface area contributed by atoms with E-state index in [1.54, 1.807) is 0 Å². The zero-order chi connectivity index (χ0) is 16.2. The zero-order valence-corrected chi connectivity index (χ0v) is 13.9. The SMILES string of the molecule is CCCc1c(CCC)n(-c2ccccc2)c(=O)c2ccccc12. The van der Waals surface area contributed by atoms with Crippen LogP contribution in [0.3, 0.4) is 0 Å². The highest BCUT2D eigenvalue weighted by atomic mass is 16.1. The molecule has 0 fully saturated rings. The van der Waals surface area contributed by atoms with E-state index in [-0.39, 0.29) is 5.56 Å². The van der Waals surface area contributed by atoms with Gasteiger partial charge in [-0.15, -0.1) is 0 Å². The van der Waals surface area contributed by atoms with Crippen molar-refractivity contribution in [2.75, 3.05) is 0 Å². The molecule has 0 unspecified atom stereocenters. The molecule has 0 bridgehead atoms. The van der Waals surface area contributed by atoms with Crippen molar-refractivity contribution in [3.63, 3.8) is 0 Å². The van der Waals surface area contributed by atoms with Crippen LogP contribution in [0.5, 0.6) is 0 Å². The van der Waals surface area contributed by atoms with Gasteiger partial charge in [-0.25, -0.2) is 0 Å². The molecule has 23 heavy (non-hydrogen) atoms. The van der Waals surface area contributed by atoms with E-state index in [1.807, 2.05) is 53.1 Å². The van der Waals surface area contributed by atoms with E-state index in [1.165, 1.54) is 11.3 Å². The number of para-hydroxylation sites is 1. The van der Waals surface area contributed by atoms with Gasteiger partial charge < -0.3 is 0 Å². The summed E-state index contributed by atoms with van der Waals surface area (Å²) in [6.07, 6.45) is 4.03. The van der Waals surface area contributed by atoms with Gasteiger partial charge in [0.1, 0.15) is 0 Å². The summed E-state index contributed by atoms with van der Waals surface area (Å²) >= 11 is 0. The maximum absolute atomic E-state index is 13.1. The predicted molar refractivity (Wildman–Crippen MR) is 97.5 cm³/mol. The van der Waals surface area contributed by atoms with Crippen LogP contribution in [0.4, 0.5) is 0 Å². The van der Waals surface area contributed by atoms with E-state index in [4.69, 9.17) is 0 Å². The van der Waals surface area contributed by atoms with Crippen LogP contribution in [0, 0.1) is 0 Å². The van der Waals surface area contributed by atoms with E-state index >= 15 is 0 Å². The van der Waals surface area contributed by atoms with Crippen LogP contribution in [0.1, 0.15) is 37.9 Å². The smallest absolute Gasteiger partial charge is 0.263 e. The minimum Gasteiger partial charge on any atom is -0.280 e. The molecule has 118 valence electrons. The molecule has 0 spiro atoms. The highest BCUT2D eigenvalue weighted by Gasteiger charge is 2.16. The number of hydrogen-bond acceptors (Lipinski definition) is 1. The van der Waals surface area contributed by atoms with Gasteiger partial charge in [0.05, 0.1) is 0 Å². The number of fused-ring (bicyclic) bond motifs is 1. The molecule has 2 nitrogen and oxygen atoms in total. The molecule has 3 aromatic rings. The number of aryl methyl sites for hydroxylation is 1. The van der Waals surface area contributed by atoms with E-state index in [2.05, 4.69) is 19.9 Å². The van der Waals surface area contributed by atoms with Gasteiger partial charge in [0.25, 0.3) is 5.56 Å². The van der Waals surface area contributed by atoms with Crippen molar-refractivity contribution in [2.45, 2.75) is 39.5 Å². The summed E-state index contributed by atoms with van der Waals surface area (Å²) in [6, 6.07) is 18.0. The molecule has 3 rings (SSSR count). The van der Waals surface area contributed by atoms with Gasteiger partial charge in [-0.1, -0.05) is 63.1 Å². The van der Waals surface area contributed by atoms with Crippen LogP contribution in [0.25, 0.3) is 16.5 Å². The molecule has 0 saturated carbocycles. The Hall–Kier alpha value is -2.35. The molecular formula is C21H23NO. The molecule has 0 amide bonds. The first-order valence-electron chi connectivity index (χ1n) is 8.48. The molecule has 0 atom stereocenters. The van der Waals surface area contributed by atoms with Gasteiger partial charge in [-0.2, -0.15) is 0 Å². The first-order chi connectivity index (χ1) is 11.3. The normalized spacial score (nSPS) is 11.0. The number of aromatic nitrogens is 1. The Labute approximate surface area is 137 Å². The molecule has 0 aliphatic carbocycles. The fourth-order valence-electron chi connectivity index (χ4n) is 3.34. The average molecular weight is 305 g/mol. The van der Waals surface area contributed by atoms with Crippen LogP contribution in [0.2, 0.25) is 0 Å². The zero-order valence-electron chi connectivity index (χ0n) is 13.9. The monoisotopic (exact) mass is 305 g/mol. The Bertz CT molecular complexity index is 862. The van der Waals surface area contributed by atoms with Gasteiger partial charge in [0, 0.05) is 16.8 Å².